The van der Waals surface area contributed by atoms with E-state index in [0.717, 1.165) is 32.5 Å². The van der Waals surface area contributed by atoms with Crippen LogP contribution in [-0.4, -0.2) is 37.3 Å². The highest BCUT2D eigenvalue weighted by Crippen LogP contribution is 2.43. The molecule has 100 valence electrons. The van der Waals surface area contributed by atoms with E-state index in [0.29, 0.717) is 11.3 Å². The minimum atomic E-state index is -0.289. The second kappa shape index (κ2) is 5.51. The van der Waals surface area contributed by atoms with Gasteiger partial charge in [0.15, 0.2) is 5.79 Å². The van der Waals surface area contributed by atoms with Gasteiger partial charge in [0.05, 0.1) is 17.4 Å². The average molecular weight is 285 g/mol. The Bertz CT molecular complexity index is 376. The molecule has 1 spiro atoms. The van der Waals surface area contributed by atoms with Crippen molar-refractivity contribution in [1.82, 2.24) is 5.32 Å². The van der Waals surface area contributed by atoms with Gasteiger partial charge in [0.2, 0.25) is 0 Å². The number of ether oxygens (including phenoxy) is 2. The molecule has 2 heterocycles. The van der Waals surface area contributed by atoms with Gasteiger partial charge in [-0.25, -0.2) is 0 Å². The number of nitrogens with one attached hydrogen (secondary N) is 1. The maximum absolute atomic E-state index is 5.86. The zero-order chi connectivity index (χ0) is 12.4. The van der Waals surface area contributed by atoms with Gasteiger partial charge in [-0.3, -0.25) is 0 Å². The van der Waals surface area contributed by atoms with Crippen LogP contribution in [0.3, 0.4) is 0 Å². The highest BCUT2D eigenvalue weighted by atomic mass is 32.2. The third-order valence-electron chi connectivity index (χ3n) is 3.74. The molecule has 1 saturated carbocycles. The van der Waals surface area contributed by atoms with Crippen LogP contribution in [0.5, 0.6) is 0 Å². The van der Waals surface area contributed by atoms with E-state index < -0.39 is 0 Å². The van der Waals surface area contributed by atoms with Crippen molar-refractivity contribution in [3.63, 3.8) is 0 Å². The lowest BCUT2D eigenvalue weighted by Gasteiger charge is -2.40. The van der Waals surface area contributed by atoms with E-state index in [1.54, 1.807) is 0 Å². The summed E-state index contributed by atoms with van der Waals surface area (Å²) in [6, 6.07) is 4.86. The first-order valence-electron chi connectivity index (χ1n) is 6.47. The number of rotatable bonds is 3. The fourth-order valence-electron chi connectivity index (χ4n) is 2.81. The lowest BCUT2D eigenvalue weighted by atomic mass is 9.89. The third kappa shape index (κ3) is 2.60. The van der Waals surface area contributed by atoms with Crippen molar-refractivity contribution < 1.29 is 9.47 Å². The van der Waals surface area contributed by atoms with E-state index >= 15 is 0 Å². The molecular formula is C13H19NO2S2. The van der Waals surface area contributed by atoms with Crippen LogP contribution >= 0.6 is 23.1 Å². The van der Waals surface area contributed by atoms with Crippen LogP contribution in [0.4, 0.5) is 0 Å². The molecule has 1 aromatic rings. The number of thiophene rings is 1. The van der Waals surface area contributed by atoms with Gasteiger partial charge in [-0.15, -0.1) is 23.1 Å². The molecule has 1 saturated heterocycles. The Labute approximate surface area is 116 Å². The minimum Gasteiger partial charge on any atom is -0.347 e. The summed E-state index contributed by atoms with van der Waals surface area (Å²) in [5, 5.41) is 6.11. The first-order chi connectivity index (χ1) is 8.81. The molecular weight excluding hydrogens is 266 g/mol. The number of thioether (sulfide) groups is 1. The summed E-state index contributed by atoms with van der Waals surface area (Å²) in [6.07, 6.45) is 3.13. The van der Waals surface area contributed by atoms with Crippen molar-refractivity contribution in [2.24, 2.45) is 0 Å². The second-order valence-electron chi connectivity index (χ2n) is 4.83. The molecule has 2 aliphatic rings. The van der Waals surface area contributed by atoms with Crippen molar-refractivity contribution in [2.45, 2.75) is 40.6 Å². The third-order valence-corrected chi connectivity index (χ3v) is 6.15. The Morgan fingerprint density at radius 1 is 1.44 bits per heavy atom. The number of hydrogen-bond donors (Lipinski definition) is 1. The van der Waals surface area contributed by atoms with Gasteiger partial charge in [0.25, 0.3) is 0 Å². The molecule has 1 aliphatic carbocycles. The normalized spacial score (nSPS) is 30.9. The predicted molar refractivity (Wildman–Crippen MR) is 75.3 cm³/mol. The summed E-state index contributed by atoms with van der Waals surface area (Å²) in [5.74, 6) is -0.289. The van der Waals surface area contributed by atoms with Gasteiger partial charge >= 0.3 is 0 Å². The molecule has 1 aliphatic heterocycles. The molecule has 1 aromatic heterocycles. The smallest absolute Gasteiger partial charge is 0.169 e. The van der Waals surface area contributed by atoms with Gasteiger partial charge in [0.1, 0.15) is 0 Å². The Hall–Kier alpha value is -0.0700. The van der Waals surface area contributed by atoms with Crippen molar-refractivity contribution in [3.8, 4) is 0 Å². The first kappa shape index (κ1) is 12.9. The Kier molecular flexibility index (Phi) is 3.96. The van der Waals surface area contributed by atoms with Crippen LogP contribution in [-0.2, 0) is 9.47 Å². The maximum atomic E-state index is 5.86. The first-order valence-corrected chi connectivity index (χ1v) is 8.23. The number of hydrogen-bond acceptors (Lipinski definition) is 5. The largest absolute Gasteiger partial charge is 0.347 e. The van der Waals surface area contributed by atoms with E-state index in [-0.39, 0.29) is 5.79 Å². The molecule has 0 amide bonds. The van der Waals surface area contributed by atoms with E-state index in [1.807, 2.05) is 23.1 Å². The Morgan fingerprint density at radius 2 is 2.28 bits per heavy atom. The summed E-state index contributed by atoms with van der Waals surface area (Å²) in [7, 11) is 2.06. The summed E-state index contributed by atoms with van der Waals surface area (Å²) in [4.78, 5) is 0. The molecule has 0 aromatic carbocycles. The second-order valence-corrected chi connectivity index (χ2v) is 7.32. The lowest BCUT2D eigenvalue weighted by molar-refractivity contribution is -0.177. The van der Waals surface area contributed by atoms with Crippen molar-refractivity contribution in [3.05, 3.63) is 17.5 Å². The molecule has 0 bridgehead atoms. The maximum Gasteiger partial charge on any atom is 0.169 e. The van der Waals surface area contributed by atoms with E-state index in [9.17, 15) is 0 Å². The Balaban J connectivity index is 1.71. The van der Waals surface area contributed by atoms with Crippen LogP contribution in [0.25, 0.3) is 0 Å². The van der Waals surface area contributed by atoms with Crippen molar-refractivity contribution in [1.29, 1.82) is 0 Å². The minimum absolute atomic E-state index is 0.289. The van der Waals surface area contributed by atoms with Gasteiger partial charge in [-0.2, -0.15) is 0 Å². The summed E-state index contributed by atoms with van der Waals surface area (Å²) < 4.78 is 13.1. The highest BCUT2D eigenvalue weighted by molar-refractivity contribution is 8.01. The van der Waals surface area contributed by atoms with Crippen LogP contribution in [0, 0.1) is 0 Å². The quantitative estimate of drug-likeness (QED) is 0.925. The molecule has 1 N–H and O–H groups in total. The fourth-order valence-corrected chi connectivity index (χ4v) is 5.24. The molecule has 2 unspecified atom stereocenters. The zero-order valence-electron chi connectivity index (χ0n) is 10.6. The van der Waals surface area contributed by atoms with E-state index in [2.05, 4.69) is 29.9 Å². The van der Waals surface area contributed by atoms with Crippen LogP contribution in [0.2, 0.25) is 0 Å². The molecule has 5 heteroatoms. The summed E-state index contributed by atoms with van der Waals surface area (Å²) >= 11 is 3.77. The molecule has 2 fully saturated rings. The van der Waals surface area contributed by atoms with Gasteiger partial charge in [-0.1, -0.05) is 6.07 Å². The molecule has 0 radical (unpaired) electrons. The summed E-state index contributed by atoms with van der Waals surface area (Å²) in [5.41, 5.74) is 0. The topological polar surface area (TPSA) is 30.5 Å². The molecule has 3 nitrogen and oxygen atoms in total. The predicted octanol–water partition coefficient (Wildman–Crippen LogP) is 2.72. The standard InChI is InChI=1S/C13H19NO2S2/c1-14-10-4-5-13(15-6-7-16-13)9-11(10)18-12-3-2-8-17-12/h2-3,8,10-11,14H,4-7,9H2,1H3. The SMILES string of the molecule is CNC1CCC2(CC1Sc1cccs1)OCCO2. The van der Waals surface area contributed by atoms with Gasteiger partial charge in [0, 0.05) is 24.1 Å². The van der Waals surface area contributed by atoms with Crippen molar-refractivity contribution in [2.75, 3.05) is 20.3 Å². The monoisotopic (exact) mass is 285 g/mol. The van der Waals surface area contributed by atoms with Gasteiger partial charge in [-0.05, 0) is 24.9 Å². The van der Waals surface area contributed by atoms with Crippen LogP contribution in [0.15, 0.2) is 21.7 Å². The summed E-state index contributed by atoms with van der Waals surface area (Å²) in [6.45, 7) is 1.50. The Morgan fingerprint density at radius 3 is 2.94 bits per heavy atom. The highest BCUT2D eigenvalue weighted by Gasteiger charge is 2.45. The molecule has 3 rings (SSSR count). The van der Waals surface area contributed by atoms with Gasteiger partial charge < -0.3 is 14.8 Å². The van der Waals surface area contributed by atoms with Crippen LogP contribution in [0.1, 0.15) is 19.3 Å². The average Bonchev–Trinajstić information content (AvgIpc) is 3.02. The molecule has 2 atom stereocenters. The molecule has 18 heavy (non-hydrogen) atoms. The van der Waals surface area contributed by atoms with E-state index in [1.165, 1.54) is 4.21 Å². The lowest BCUT2D eigenvalue weighted by Crippen LogP contribution is -2.48. The zero-order valence-corrected chi connectivity index (χ0v) is 12.2. The van der Waals surface area contributed by atoms with Crippen LogP contribution < -0.4 is 5.32 Å². The van der Waals surface area contributed by atoms with Crippen molar-refractivity contribution >= 4 is 23.1 Å². The van der Waals surface area contributed by atoms with E-state index in [4.69, 9.17) is 9.47 Å². The fraction of sp³-hybridized carbons (Fsp3) is 0.692.